The second kappa shape index (κ2) is 6.01. The number of anilines is 1. The Morgan fingerprint density at radius 1 is 1.38 bits per heavy atom. The molecule has 0 N–H and O–H groups in total. The summed E-state index contributed by atoms with van der Waals surface area (Å²) in [7, 11) is -4.58. The van der Waals surface area contributed by atoms with Gasteiger partial charge in [0.15, 0.2) is 0 Å². The molecule has 116 valence electrons. The van der Waals surface area contributed by atoms with Crippen molar-refractivity contribution in [2.75, 3.05) is 17.2 Å². The van der Waals surface area contributed by atoms with Gasteiger partial charge in [-0.2, -0.15) is 8.42 Å². The number of rotatable bonds is 5. The van der Waals surface area contributed by atoms with Crippen molar-refractivity contribution >= 4 is 21.8 Å². The Kier molecular flexibility index (Phi) is 4.51. The Morgan fingerprint density at radius 3 is 2.67 bits per heavy atom. The smallest absolute Gasteiger partial charge is 0.302 e. The third-order valence-corrected chi connectivity index (χ3v) is 4.03. The lowest BCUT2D eigenvalue weighted by Crippen LogP contribution is -2.26. The molecular weight excluding hydrogens is 297 g/mol. The molecule has 0 bridgehead atoms. The fourth-order valence-electron chi connectivity index (χ4n) is 2.44. The van der Waals surface area contributed by atoms with Gasteiger partial charge in [-0.15, -0.1) is 3.89 Å². The lowest BCUT2D eigenvalue weighted by atomic mass is 10.1. The second-order valence-corrected chi connectivity index (χ2v) is 6.83. The minimum Gasteiger partial charge on any atom is -0.489 e. The second-order valence-electron chi connectivity index (χ2n) is 5.41. The maximum absolute atomic E-state index is 12.8. The standard InChI is InChI=1S/C14H18FNO4S/c1-10(2)20-13-6-4-3-5-12(13)16-8-11(7-14(16)17)9-21(15,18)19/h3-6,10-11H,7-9H2,1-2H3. The molecule has 5 nitrogen and oxygen atoms in total. The number of ether oxygens (including phenoxy) is 1. The van der Waals surface area contributed by atoms with Crippen molar-refractivity contribution in [2.24, 2.45) is 5.92 Å². The van der Waals surface area contributed by atoms with E-state index in [1.807, 2.05) is 13.8 Å². The molecule has 0 aliphatic carbocycles. The average molecular weight is 315 g/mol. The molecule has 1 saturated heterocycles. The zero-order valence-corrected chi connectivity index (χ0v) is 12.8. The van der Waals surface area contributed by atoms with Gasteiger partial charge in [-0.05, 0) is 26.0 Å². The van der Waals surface area contributed by atoms with E-state index in [2.05, 4.69) is 0 Å². The minimum absolute atomic E-state index is 0.0269. The van der Waals surface area contributed by atoms with E-state index < -0.39 is 21.9 Å². The van der Waals surface area contributed by atoms with Gasteiger partial charge in [0.1, 0.15) is 5.75 Å². The van der Waals surface area contributed by atoms with Crippen LogP contribution in [0.5, 0.6) is 5.75 Å². The van der Waals surface area contributed by atoms with Crippen LogP contribution in [-0.2, 0) is 15.0 Å². The van der Waals surface area contributed by atoms with Gasteiger partial charge in [0.2, 0.25) is 5.91 Å². The summed E-state index contributed by atoms with van der Waals surface area (Å²) in [5.41, 5.74) is 0.593. The number of nitrogens with zero attached hydrogens (tertiary/aromatic N) is 1. The first-order valence-corrected chi connectivity index (χ1v) is 8.30. The predicted octanol–water partition coefficient (Wildman–Crippen LogP) is 2.13. The van der Waals surface area contributed by atoms with Crippen molar-refractivity contribution in [3.8, 4) is 5.75 Å². The third kappa shape index (κ3) is 4.17. The lowest BCUT2D eigenvalue weighted by molar-refractivity contribution is -0.117. The van der Waals surface area contributed by atoms with Gasteiger partial charge in [0.05, 0.1) is 17.5 Å². The Balaban J connectivity index is 2.21. The highest BCUT2D eigenvalue weighted by Crippen LogP contribution is 2.34. The molecule has 0 saturated carbocycles. The van der Waals surface area contributed by atoms with Gasteiger partial charge in [-0.3, -0.25) is 4.79 Å². The quantitative estimate of drug-likeness (QED) is 0.781. The van der Waals surface area contributed by atoms with Crippen LogP contribution in [0.1, 0.15) is 20.3 Å². The highest BCUT2D eigenvalue weighted by molar-refractivity contribution is 7.86. The Hall–Kier alpha value is -1.63. The third-order valence-electron chi connectivity index (χ3n) is 3.16. The molecule has 1 unspecified atom stereocenters. The van der Waals surface area contributed by atoms with E-state index in [1.54, 1.807) is 24.3 Å². The Morgan fingerprint density at radius 2 is 2.05 bits per heavy atom. The number of halogens is 1. The van der Waals surface area contributed by atoms with Crippen molar-refractivity contribution < 1.29 is 21.8 Å². The summed E-state index contributed by atoms with van der Waals surface area (Å²) in [5, 5.41) is 0. The van der Waals surface area contributed by atoms with E-state index in [0.29, 0.717) is 11.4 Å². The zero-order chi connectivity index (χ0) is 15.6. The van der Waals surface area contributed by atoms with Gasteiger partial charge in [-0.1, -0.05) is 12.1 Å². The van der Waals surface area contributed by atoms with Gasteiger partial charge in [-0.25, -0.2) is 0 Å². The molecule has 21 heavy (non-hydrogen) atoms. The molecule has 0 radical (unpaired) electrons. The molecule has 1 aliphatic rings. The summed E-state index contributed by atoms with van der Waals surface area (Å²) >= 11 is 0. The molecule has 1 heterocycles. The van der Waals surface area contributed by atoms with Gasteiger partial charge in [0, 0.05) is 18.9 Å². The molecule has 1 aliphatic heterocycles. The van der Waals surface area contributed by atoms with E-state index in [9.17, 15) is 17.1 Å². The number of hydrogen-bond acceptors (Lipinski definition) is 4. The van der Waals surface area contributed by atoms with Crippen molar-refractivity contribution in [1.29, 1.82) is 0 Å². The van der Waals surface area contributed by atoms with Crippen molar-refractivity contribution in [2.45, 2.75) is 26.4 Å². The summed E-state index contributed by atoms with van der Waals surface area (Å²) in [4.78, 5) is 13.5. The normalized spacial score (nSPS) is 19.3. The van der Waals surface area contributed by atoms with Crippen molar-refractivity contribution in [1.82, 2.24) is 0 Å². The van der Waals surface area contributed by atoms with Crippen LogP contribution in [0.4, 0.5) is 9.57 Å². The monoisotopic (exact) mass is 315 g/mol. The van der Waals surface area contributed by atoms with E-state index in [1.165, 1.54) is 4.90 Å². The maximum atomic E-state index is 12.8. The van der Waals surface area contributed by atoms with Gasteiger partial charge in [0.25, 0.3) is 0 Å². The van der Waals surface area contributed by atoms with Gasteiger partial charge < -0.3 is 9.64 Å². The largest absolute Gasteiger partial charge is 0.489 e. The number of carbonyl (C=O) groups excluding carboxylic acids is 1. The maximum Gasteiger partial charge on any atom is 0.302 e. The molecule has 1 aromatic rings. The molecule has 0 spiro atoms. The first-order chi connectivity index (χ1) is 9.76. The van der Waals surface area contributed by atoms with Crippen LogP contribution in [-0.4, -0.2) is 32.7 Å². The van der Waals surface area contributed by atoms with E-state index in [-0.39, 0.29) is 25.0 Å². The predicted molar refractivity (Wildman–Crippen MR) is 77.6 cm³/mol. The first kappa shape index (κ1) is 15.8. The summed E-state index contributed by atoms with van der Waals surface area (Å²) < 4.78 is 39.9. The van der Waals surface area contributed by atoms with Crippen LogP contribution in [0.15, 0.2) is 24.3 Å². The first-order valence-electron chi connectivity index (χ1n) is 6.74. The minimum atomic E-state index is -4.58. The highest BCUT2D eigenvalue weighted by atomic mass is 32.3. The molecule has 1 fully saturated rings. The van der Waals surface area contributed by atoms with E-state index >= 15 is 0 Å². The Labute approximate surface area is 123 Å². The highest BCUT2D eigenvalue weighted by Gasteiger charge is 2.34. The molecular formula is C14H18FNO4S. The SMILES string of the molecule is CC(C)Oc1ccccc1N1CC(CS(=O)(=O)F)CC1=O. The molecule has 7 heteroatoms. The topological polar surface area (TPSA) is 63.7 Å². The van der Waals surface area contributed by atoms with Crippen LogP contribution in [0, 0.1) is 5.92 Å². The number of amides is 1. The van der Waals surface area contributed by atoms with Crippen LogP contribution >= 0.6 is 0 Å². The van der Waals surface area contributed by atoms with Gasteiger partial charge >= 0.3 is 10.2 Å². The fourth-order valence-corrected chi connectivity index (χ4v) is 3.23. The summed E-state index contributed by atoms with van der Waals surface area (Å²) in [6.45, 7) is 3.93. The number of benzene rings is 1. The number of hydrogen-bond donors (Lipinski definition) is 0. The van der Waals surface area contributed by atoms with Crippen LogP contribution in [0.25, 0.3) is 0 Å². The molecule has 1 atom stereocenters. The van der Waals surface area contributed by atoms with Crippen LogP contribution in [0.3, 0.4) is 0 Å². The van der Waals surface area contributed by atoms with Crippen LogP contribution < -0.4 is 9.64 Å². The van der Waals surface area contributed by atoms with Crippen LogP contribution in [0.2, 0.25) is 0 Å². The van der Waals surface area contributed by atoms with Crippen molar-refractivity contribution in [3.63, 3.8) is 0 Å². The molecule has 1 aromatic carbocycles. The fraction of sp³-hybridized carbons (Fsp3) is 0.500. The van der Waals surface area contributed by atoms with E-state index in [0.717, 1.165) is 0 Å². The van der Waals surface area contributed by atoms with Crippen molar-refractivity contribution in [3.05, 3.63) is 24.3 Å². The summed E-state index contributed by atoms with van der Waals surface area (Å²) in [6, 6.07) is 7.06. The average Bonchev–Trinajstić information content (AvgIpc) is 2.67. The molecule has 2 rings (SSSR count). The lowest BCUT2D eigenvalue weighted by Gasteiger charge is -2.21. The summed E-state index contributed by atoms with van der Waals surface area (Å²) in [6.07, 6.45) is -0.0232. The molecule has 1 amide bonds. The number of carbonyl (C=O) groups is 1. The summed E-state index contributed by atoms with van der Waals surface area (Å²) in [5.74, 6) is -0.810. The Bertz CT molecular complexity index is 630. The zero-order valence-electron chi connectivity index (χ0n) is 12.0. The molecule has 0 aromatic heterocycles. The number of para-hydroxylation sites is 2. The van der Waals surface area contributed by atoms with E-state index in [4.69, 9.17) is 4.74 Å².